The first kappa shape index (κ1) is 23.2. The van der Waals surface area contributed by atoms with Gasteiger partial charge in [0.05, 0.1) is 7.11 Å². The van der Waals surface area contributed by atoms with Gasteiger partial charge in [-0.05, 0) is 56.6 Å². The van der Waals surface area contributed by atoms with Gasteiger partial charge in [0.2, 0.25) is 0 Å². The smallest absolute Gasteiger partial charge is 0.262 e. The monoisotopic (exact) mass is 464 g/mol. The van der Waals surface area contributed by atoms with E-state index < -0.39 is 0 Å². The van der Waals surface area contributed by atoms with E-state index in [2.05, 4.69) is 26.6 Å². The summed E-state index contributed by atoms with van der Waals surface area (Å²) in [6.45, 7) is 6.94. The first-order valence-electron chi connectivity index (χ1n) is 9.67. The minimum atomic E-state index is -0.230. The standard InChI is InChI=1S/C22H29BrN2O4/c1-4-28-11-5-10-24-14-17-12-20(27-3)21(13-19(17)23)29-15-22(26)25-18-8-6-16(2)7-9-18/h6-9,12-13,24H,4-5,10-11,14-15H2,1-3H3,(H,25,26). The highest BCUT2D eigenvalue weighted by atomic mass is 79.9. The van der Waals surface area contributed by atoms with Crippen molar-refractivity contribution in [2.45, 2.75) is 26.8 Å². The Morgan fingerprint density at radius 1 is 1.14 bits per heavy atom. The van der Waals surface area contributed by atoms with Crippen LogP contribution in [-0.4, -0.2) is 39.4 Å². The Kier molecular flexibility index (Phi) is 9.97. The summed E-state index contributed by atoms with van der Waals surface area (Å²) in [5, 5.41) is 6.20. The van der Waals surface area contributed by atoms with Crippen molar-refractivity contribution in [2.75, 3.05) is 38.8 Å². The number of halogens is 1. The number of anilines is 1. The van der Waals surface area contributed by atoms with Crippen LogP contribution in [0.2, 0.25) is 0 Å². The molecule has 7 heteroatoms. The SMILES string of the molecule is CCOCCCNCc1cc(OC)c(OCC(=O)Nc2ccc(C)cc2)cc1Br. The van der Waals surface area contributed by atoms with E-state index in [1.165, 1.54) is 0 Å². The minimum Gasteiger partial charge on any atom is -0.493 e. The van der Waals surface area contributed by atoms with Gasteiger partial charge in [-0.15, -0.1) is 0 Å². The number of rotatable bonds is 12. The zero-order valence-electron chi connectivity index (χ0n) is 17.2. The fourth-order valence-electron chi connectivity index (χ4n) is 2.63. The van der Waals surface area contributed by atoms with Crippen LogP contribution in [-0.2, 0) is 16.1 Å². The fourth-order valence-corrected chi connectivity index (χ4v) is 3.09. The molecular formula is C22H29BrN2O4. The summed E-state index contributed by atoms with van der Waals surface area (Å²) in [4.78, 5) is 12.2. The zero-order chi connectivity index (χ0) is 21.1. The number of amides is 1. The van der Waals surface area contributed by atoms with Gasteiger partial charge in [-0.2, -0.15) is 0 Å². The van der Waals surface area contributed by atoms with Crippen LogP contribution in [0.1, 0.15) is 24.5 Å². The van der Waals surface area contributed by atoms with Gasteiger partial charge in [-0.1, -0.05) is 33.6 Å². The number of hydrogen-bond donors (Lipinski definition) is 2. The summed E-state index contributed by atoms with van der Waals surface area (Å²) < 4.78 is 17.4. The molecule has 0 spiro atoms. The molecule has 2 rings (SSSR count). The van der Waals surface area contributed by atoms with E-state index in [4.69, 9.17) is 14.2 Å². The van der Waals surface area contributed by atoms with Crippen LogP contribution in [0.15, 0.2) is 40.9 Å². The molecule has 0 unspecified atom stereocenters. The topological polar surface area (TPSA) is 68.8 Å². The molecule has 0 atom stereocenters. The maximum atomic E-state index is 12.2. The van der Waals surface area contributed by atoms with Crippen molar-refractivity contribution in [3.05, 3.63) is 52.0 Å². The second-order valence-electron chi connectivity index (χ2n) is 6.52. The average Bonchev–Trinajstić information content (AvgIpc) is 2.71. The molecule has 1 amide bonds. The first-order chi connectivity index (χ1) is 14.0. The lowest BCUT2D eigenvalue weighted by atomic mass is 10.2. The molecule has 0 fully saturated rings. The number of aryl methyl sites for hydroxylation is 1. The van der Waals surface area contributed by atoms with Crippen LogP contribution >= 0.6 is 15.9 Å². The predicted molar refractivity (Wildman–Crippen MR) is 119 cm³/mol. The first-order valence-corrected chi connectivity index (χ1v) is 10.5. The van der Waals surface area contributed by atoms with Crippen molar-refractivity contribution in [3.63, 3.8) is 0 Å². The molecule has 29 heavy (non-hydrogen) atoms. The lowest BCUT2D eigenvalue weighted by Crippen LogP contribution is -2.20. The van der Waals surface area contributed by atoms with E-state index >= 15 is 0 Å². The summed E-state index contributed by atoms with van der Waals surface area (Å²) in [6, 6.07) is 11.4. The van der Waals surface area contributed by atoms with Crippen molar-refractivity contribution in [2.24, 2.45) is 0 Å². The Morgan fingerprint density at radius 2 is 1.90 bits per heavy atom. The third kappa shape index (κ3) is 8.04. The van der Waals surface area contributed by atoms with E-state index in [0.29, 0.717) is 18.0 Å². The van der Waals surface area contributed by atoms with Crippen LogP contribution in [0.4, 0.5) is 5.69 Å². The van der Waals surface area contributed by atoms with Crippen LogP contribution in [0, 0.1) is 6.92 Å². The summed E-state index contributed by atoms with van der Waals surface area (Å²) in [6.07, 6.45) is 0.958. The van der Waals surface area contributed by atoms with Gasteiger partial charge in [-0.25, -0.2) is 0 Å². The minimum absolute atomic E-state index is 0.105. The van der Waals surface area contributed by atoms with Crippen molar-refractivity contribution in [3.8, 4) is 11.5 Å². The summed E-state index contributed by atoms with van der Waals surface area (Å²) in [5.74, 6) is 0.869. The number of methoxy groups -OCH3 is 1. The third-order valence-electron chi connectivity index (χ3n) is 4.19. The molecule has 0 bridgehead atoms. The summed E-state index contributed by atoms with van der Waals surface area (Å²) in [7, 11) is 1.59. The normalized spacial score (nSPS) is 10.6. The van der Waals surface area contributed by atoms with Gasteiger partial charge in [0, 0.05) is 29.9 Å². The van der Waals surface area contributed by atoms with Crippen molar-refractivity contribution < 1.29 is 19.0 Å². The predicted octanol–water partition coefficient (Wildman–Crippen LogP) is 4.30. The Labute approximate surface area is 181 Å². The summed E-state index contributed by atoms with van der Waals surface area (Å²) >= 11 is 3.57. The van der Waals surface area contributed by atoms with E-state index in [0.717, 1.165) is 47.5 Å². The maximum Gasteiger partial charge on any atom is 0.262 e. The Balaban J connectivity index is 1.88. The molecule has 0 aliphatic carbocycles. The van der Waals surface area contributed by atoms with Crippen molar-refractivity contribution >= 4 is 27.5 Å². The van der Waals surface area contributed by atoms with Gasteiger partial charge >= 0.3 is 0 Å². The largest absolute Gasteiger partial charge is 0.493 e. The Morgan fingerprint density at radius 3 is 2.59 bits per heavy atom. The van der Waals surface area contributed by atoms with Crippen LogP contribution in [0.25, 0.3) is 0 Å². The summed E-state index contributed by atoms with van der Waals surface area (Å²) in [5.41, 5.74) is 2.93. The molecule has 2 aromatic carbocycles. The van der Waals surface area contributed by atoms with Gasteiger partial charge in [0.25, 0.3) is 5.91 Å². The average molecular weight is 465 g/mol. The highest BCUT2D eigenvalue weighted by Crippen LogP contribution is 2.33. The molecule has 2 N–H and O–H groups in total. The fraction of sp³-hybridized carbons (Fsp3) is 0.409. The van der Waals surface area contributed by atoms with E-state index in [-0.39, 0.29) is 12.5 Å². The van der Waals surface area contributed by atoms with Crippen LogP contribution in [0.3, 0.4) is 0 Å². The molecule has 0 aliphatic rings. The second kappa shape index (κ2) is 12.5. The van der Waals surface area contributed by atoms with E-state index in [9.17, 15) is 4.79 Å². The van der Waals surface area contributed by atoms with Crippen LogP contribution in [0.5, 0.6) is 11.5 Å². The Hall–Kier alpha value is -2.09. The molecule has 0 saturated heterocycles. The lowest BCUT2D eigenvalue weighted by molar-refractivity contribution is -0.118. The molecular weight excluding hydrogens is 436 g/mol. The molecule has 2 aromatic rings. The van der Waals surface area contributed by atoms with Gasteiger partial charge in [0.15, 0.2) is 18.1 Å². The molecule has 0 aliphatic heterocycles. The Bertz CT molecular complexity index is 781. The van der Waals surface area contributed by atoms with Crippen LogP contribution < -0.4 is 20.1 Å². The highest BCUT2D eigenvalue weighted by molar-refractivity contribution is 9.10. The molecule has 0 saturated carbocycles. The van der Waals surface area contributed by atoms with Gasteiger partial charge in [-0.3, -0.25) is 4.79 Å². The highest BCUT2D eigenvalue weighted by Gasteiger charge is 2.12. The van der Waals surface area contributed by atoms with E-state index in [1.54, 1.807) is 7.11 Å². The lowest BCUT2D eigenvalue weighted by Gasteiger charge is -2.14. The maximum absolute atomic E-state index is 12.2. The van der Waals surface area contributed by atoms with E-state index in [1.807, 2.05) is 50.2 Å². The quantitative estimate of drug-likeness (QED) is 0.458. The third-order valence-corrected chi connectivity index (χ3v) is 4.93. The number of ether oxygens (including phenoxy) is 3. The number of benzene rings is 2. The van der Waals surface area contributed by atoms with Crippen molar-refractivity contribution in [1.82, 2.24) is 5.32 Å². The number of carbonyl (C=O) groups excluding carboxylic acids is 1. The molecule has 6 nitrogen and oxygen atoms in total. The molecule has 158 valence electrons. The van der Waals surface area contributed by atoms with Gasteiger partial charge < -0.3 is 24.8 Å². The zero-order valence-corrected chi connectivity index (χ0v) is 18.8. The molecule has 0 aromatic heterocycles. The molecule has 0 radical (unpaired) electrons. The second-order valence-corrected chi connectivity index (χ2v) is 7.38. The molecule has 0 heterocycles. The number of nitrogens with one attached hydrogen (secondary N) is 2. The number of hydrogen-bond acceptors (Lipinski definition) is 5. The van der Waals surface area contributed by atoms with Crippen molar-refractivity contribution in [1.29, 1.82) is 0 Å². The van der Waals surface area contributed by atoms with Gasteiger partial charge in [0.1, 0.15) is 0 Å². The number of carbonyl (C=O) groups is 1.